The van der Waals surface area contributed by atoms with Crippen LogP contribution < -0.4 is 4.74 Å². The summed E-state index contributed by atoms with van der Waals surface area (Å²) in [6.07, 6.45) is 21.9. The van der Waals surface area contributed by atoms with Crippen LogP contribution in [0.25, 0.3) is 0 Å². The first-order valence-electron chi connectivity index (χ1n) is 13.9. The van der Waals surface area contributed by atoms with Gasteiger partial charge in [0, 0.05) is 11.5 Å². The molecule has 1 heterocycles. The fourth-order valence-corrected chi connectivity index (χ4v) is 5.23. The van der Waals surface area contributed by atoms with Gasteiger partial charge in [-0.3, -0.25) is 0 Å². The minimum atomic E-state index is -0.233. The topological polar surface area (TPSA) is 27.7 Å². The van der Waals surface area contributed by atoms with Crippen molar-refractivity contribution in [1.82, 2.24) is 0 Å². The second kappa shape index (κ2) is 15.6. The van der Waals surface area contributed by atoms with Gasteiger partial charge in [0.1, 0.15) is 12.4 Å². The van der Waals surface area contributed by atoms with E-state index in [-0.39, 0.29) is 6.29 Å². The quantitative estimate of drug-likeness (QED) is 0.207. The maximum absolute atomic E-state index is 6.00. The summed E-state index contributed by atoms with van der Waals surface area (Å²) in [5, 5.41) is 0. The Morgan fingerprint density at radius 2 is 1.42 bits per heavy atom. The Morgan fingerprint density at radius 1 is 0.788 bits per heavy atom. The smallest absolute Gasteiger partial charge is 0.183 e. The normalized spacial score (nSPS) is 26.0. The van der Waals surface area contributed by atoms with Crippen molar-refractivity contribution in [3.63, 3.8) is 0 Å². The molecular formula is C30H48O3. The minimum absolute atomic E-state index is 0.233. The van der Waals surface area contributed by atoms with Crippen molar-refractivity contribution in [2.24, 2.45) is 17.8 Å². The highest BCUT2D eigenvalue weighted by Crippen LogP contribution is 2.33. The lowest BCUT2D eigenvalue weighted by Crippen LogP contribution is -2.27. The summed E-state index contributed by atoms with van der Waals surface area (Å²) in [7, 11) is 0. The molecule has 2 fully saturated rings. The first-order valence-corrected chi connectivity index (χ1v) is 13.9. The SMILES string of the molecule is CCCCCCC1COC(c2ccc(OCC=CC3CCC(CCCCC)CC3)cc2)OC1. The maximum Gasteiger partial charge on any atom is 0.183 e. The van der Waals surface area contributed by atoms with Crippen LogP contribution in [0.2, 0.25) is 0 Å². The predicted molar refractivity (Wildman–Crippen MR) is 138 cm³/mol. The summed E-state index contributed by atoms with van der Waals surface area (Å²) >= 11 is 0. The van der Waals surface area contributed by atoms with Gasteiger partial charge in [0.2, 0.25) is 0 Å². The van der Waals surface area contributed by atoms with Crippen LogP contribution >= 0.6 is 0 Å². The Bertz CT molecular complexity index is 637. The van der Waals surface area contributed by atoms with Crippen molar-refractivity contribution >= 4 is 0 Å². The van der Waals surface area contributed by atoms with E-state index in [1.807, 2.05) is 12.1 Å². The summed E-state index contributed by atoms with van der Waals surface area (Å²) < 4.78 is 17.9. The van der Waals surface area contributed by atoms with Gasteiger partial charge in [-0.2, -0.15) is 0 Å². The molecule has 0 amide bonds. The summed E-state index contributed by atoms with van der Waals surface area (Å²) in [6.45, 7) is 6.81. The molecule has 1 aliphatic heterocycles. The largest absolute Gasteiger partial charge is 0.490 e. The van der Waals surface area contributed by atoms with Gasteiger partial charge in [-0.1, -0.05) is 89.5 Å². The monoisotopic (exact) mass is 456 g/mol. The highest BCUT2D eigenvalue weighted by Gasteiger charge is 2.23. The Balaban J connectivity index is 1.29. The summed E-state index contributed by atoms with van der Waals surface area (Å²) in [5.74, 6) is 3.18. The molecule has 3 rings (SSSR count). The van der Waals surface area contributed by atoms with Gasteiger partial charge < -0.3 is 14.2 Å². The molecule has 0 unspecified atom stereocenters. The molecule has 33 heavy (non-hydrogen) atoms. The average molecular weight is 457 g/mol. The molecule has 1 aromatic rings. The molecule has 0 atom stereocenters. The lowest BCUT2D eigenvalue weighted by atomic mass is 9.79. The number of hydrogen-bond donors (Lipinski definition) is 0. The molecule has 0 aromatic heterocycles. The van der Waals surface area contributed by atoms with Gasteiger partial charge >= 0.3 is 0 Å². The first kappa shape index (κ1) is 26.3. The molecule has 1 aliphatic carbocycles. The second-order valence-electron chi connectivity index (χ2n) is 10.3. The molecule has 1 saturated heterocycles. The fourth-order valence-electron chi connectivity index (χ4n) is 5.23. The van der Waals surface area contributed by atoms with E-state index in [1.54, 1.807) is 0 Å². The van der Waals surface area contributed by atoms with E-state index >= 15 is 0 Å². The van der Waals surface area contributed by atoms with Crippen molar-refractivity contribution < 1.29 is 14.2 Å². The lowest BCUT2D eigenvalue weighted by Gasteiger charge is -2.29. The van der Waals surface area contributed by atoms with Crippen molar-refractivity contribution in [2.45, 2.75) is 104 Å². The zero-order valence-corrected chi connectivity index (χ0v) is 21.3. The molecule has 1 saturated carbocycles. The number of rotatable bonds is 14. The van der Waals surface area contributed by atoms with Crippen LogP contribution in [0.1, 0.15) is 109 Å². The van der Waals surface area contributed by atoms with Crippen LogP contribution in [0, 0.1) is 17.8 Å². The number of benzene rings is 1. The summed E-state index contributed by atoms with van der Waals surface area (Å²) in [6, 6.07) is 8.22. The molecule has 0 bridgehead atoms. The van der Waals surface area contributed by atoms with E-state index in [0.717, 1.165) is 36.4 Å². The Labute approximate surface area is 203 Å². The molecule has 0 radical (unpaired) electrons. The van der Waals surface area contributed by atoms with E-state index in [1.165, 1.54) is 83.5 Å². The molecule has 2 aliphatic rings. The zero-order valence-electron chi connectivity index (χ0n) is 21.3. The second-order valence-corrected chi connectivity index (χ2v) is 10.3. The van der Waals surface area contributed by atoms with Gasteiger partial charge in [-0.05, 0) is 56.1 Å². The third-order valence-corrected chi connectivity index (χ3v) is 7.45. The molecular weight excluding hydrogens is 408 g/mol. The minimum Gasteiger partial charge on any atom is -0.490 e. The van der Waals surface area contributed by atoms with E-state index in [4.69, 9.17) is 14.2 Å². The number of hydrogen-bond acceptors (Lipinski definition) is 3. The van der Waals surface area contributed by atoms with Gasteiger partial charge in [-0.15, -0.1) is 0 Å². The maximum atomic E-state index is 6.00. The number of unbranched alkanes of at least 4 members (excludes halogenated alkanes) is 5. The van der Waals surface area contributed by atoms with Crippen LogP contribution in [0.15, 0.2) is 36.4 Å². The third kappa shape index (κ3) is 9.83. The molecule has 0 N–H and O–H groups in total. The van der Waals surface area contributed by atoms with Gasteiger partial charge in [0.15, 0.2) is 6.29 Å². The van der Waals surface area contributed by atoms with E-state index < -0.39 is 0 Å². The Morgan fingerprint density at radius 3 is 2.12 bits per heavy atom. The van der Waals surface area contributed by atoms with Gasteiger partial charge in [-0.25, -0.2) is 0 Å². The third-order valence-electron chi connectivity index (χ3n) is 7.45. The molecule has 1 aromatic carbocycles. The van der Waals surface area contributed by atoms with E-state index in [9.17, 15) is 0 Å². The fraction of sp³-hybridized carbons (Fsp3) is 0.733. The van der Waals surface area contributed by atoms with Crippen molar-refractivity contribution in [2.75, 3.05) is 19.8 Å². The average Bonchev–Trinajstić information content (AvgIpc) is 2.86. The van der Waals surface area contributed by atoms with Crippen molar-refractivity contribution in [3.8, 4) is 5.75 Å². The van der Waals surface area contributed by atoms with Crippen LogP contribution in [0.5, 0.6) is 5.75 Å². The molecule has 186 valence electrons. The standard InChI is InChI=1S/C30H48O3/c1-3-5-7-9-12-27-23-32-30(33-24-27)28-18-20-29(21-19-28)31-22-10-13-26-16-14-25(15-17-26)11-8-6-4-2/h10,13,18-21,25-27,30H,3-9,11-12,14-17,22-24H2,1-2H3. The number of allylic oxidation sites excluding steroid dienone is 1. The molecule has 3 heteroatoms. The number of ether oxygens (including phenoxy) is 3. The molecule has 0 spiro atoms. The highest BCUT2D eigenvalue weighted by molar-refractivity contribution is 5.28. The van der Waals surface area contributed by atoms with Crippen LogP contribution in [-0.2, 0) is 9.47 Å². The Kier molecular flexibility index (Phi) is 12.4. The van der Waals surface area contributed by atoms with Crippen LogP contribution in [-0.4, -0.2) is 19.8 Å². The predicted octanol–water partition coefficient (Wildman–Crippen LogP) is 8.64. The van der Waals surface area contributed by atoms with Crippen molar-refractivity contribution in [1.29, 1.82) is 0 Å². The first-order chi connectivity index (χ1) is 16.3. The van der Waals surface area contributed by atoms with E-state index in [0.29, 0.717) is 12.5 Å². The lowest BCUT2D eigenvalue weighted by molar-refractivity contribution is -0.206. The van der Waals surface area contributed by atoms with Crippen LogP contribution in [0.3, 0.4) is 0 Å². The van der Waals surface area contributed by atoms with Crippen LogP contribution in [0.4, 0.5) is 0 Å². The van der Waals surface area contributed by atoms with Gasteiger partial charge in [0.05, 0.1) is 13.2 Å². The van der Waals surface area contributed by atoms with E-state index in [2.05, 4.69) is 38.1 Å². The highest BCUT2D eigenvalue weighted by atomic mass is 16.7. The molecule has 3 nitrogen and oxygen atoms in total. The zero-order chi connectivity index (χ0) is 23.1. The Hall–Kier alpha value is -1.32. The van der Waals surface area contributed by atoms with Crippen molar-refractivity contribution in [3.05, 3.63) is 42.0 Å². The summed E-state index contributed by atoms with van der Waals surface area (Å²) in [4.78, 5) is 0. The van der Waals surface area contributed by atoms with Gasteiger partial charge in [0.25, 0.3) is 0 Å². The summed E-state index contributed by atoms with van der Waals surface area (Å²) in [5.41, 5.74) is 1.08.